The Morgan fingerprint density at radius 1 is 0.909 bits per heavy atom. The molecule has 0 saturated heterocycles. The summed E-state index contributed by atoms with van der Waals surface area (Å²) >= 11 is 0. The van der Waals surface area contributed by atoms with Gasteiger partial charge in [0.05, 0.1) is 5.75 Å². The maximum Gasteiger partial charge on any atom is 0.264 e. The van der Waals surface area contributed by atoms with Crippen LogP contribution in [0.5, 0.6) is 0 Å². The van der Waals surface area contributed by atoms with E-state index >= 15 is 0 Å². The van der Waals surface area contributed by atoms with E-state index in [4.69, 9.17) is 4.55 Å². The van der Waals surface area contributed by atoms with Gasteiger partial charge in [-0.25, -0.2) is 0 Å². The van der Waals surface area contributed by atoms with Crippen molar-refractivity contribution in [2.75, 3.05) is 19.3 Å². The maximum absolute atomic E-state index is 11.9. The topological polar surface area (TPSA) is 74.7 Å². The van der Waals surface area contributed by atoms with E-state index in [-0.39, 0.29) is 11.7 Å². The molecule has 0 fully saturated rings. The van der Waals surface area contributed by atoms with E-state index in [1.165, 1.54) is 38.5 Å². The Bertz CT molecular complexity index is 382. The Kier molecular flexibility index (Phi) is 12.5. The lowest BCUT2D eigenvalue weighted by molar-refractivity contribution is -0.130. The Labute approximate surface area is 136 Å². The van der Waals surface area contributed by atoms with Crippen molar-refractivity contribution in [1.82, 2.24) is 4.90 Å². The number of nitrogens with zero attached hydrogens (tertiary/aromatic N) is 1. The van der Waals surface area contributed by atoms with Crippen LogP contribution in [0, 0.1) is 0 Å². The molecule has 0 heterocycles. The van der Waals surface area contributed by atoms with E-state index < -0.39 is 10.1 Å². The summed E-state index contributed by atoms with van der Waals surface area (Å²) in [5.74, 6) is -0.106. The smallest absolute Gasteiger partial charge is 0.264 e. The molecule has 0 aromatic rings. The Morgan fingerprint density at radius 3 is 2.00 bits per heavy atom. The van der Waals surface area contributed by atoms with Crippen molar-refractivity contribution in [3.05, 3.63) is 0 Å². The third-order valence-corrected chi connectivity index (χ3v) is 4.62. The molecule has 0 saturated carbocycles. The Hall–Kier alpha value is -0.620. The third kappa shape index (κ3) is 14.3. The zero-order valence-electron chi connectivity index (χ0n) is 14.2. The first kappa shape index (κ1) is 21.4. The highest BCUT2D eigenvalue weighted by molar-refractivity contribution is 7.85. The zero-order valence-corrected chi connectivity index (χ0v) is 15.0. The minimum absolute atomic E-state index is 0.123. The summed E-state index contributed by atoms with van der Waals surface area (Å²) in [4.78, 5) is 13.5. The number of rotatable bonds is 14. The van der Waals surface area contributed by atoms with Crippen molar-refractivity contribution in [3.8, 4) is 0 Å². The molecule has 1 N–H and O–H groups in total. The fourth-order valence-corrected chi connectivity index (χ4v) is 2.93. The molecule has 5 nitrogen and oxygen atoms in total. The largest absolute Gasteiger partial charge is 0.346 e. The van der Waals surface area contributed by atoms with E-state index in [1.807, 2.05) is 0 Å². The number of carbonyl (C=O) groups excluding carboxylic acids is 1. The fourth-order valence-electron chi connectivity index (χ4n) is 2.36. The molecule has 0 atom stereocenters. The lowest BCUT2D eigenvalue weighted by Gasteiger charge is -2.16. The monoisotopic (exact) mass is 335 g/mol. The SMILES string of the molecule is CCCCCCCCCCC(=O)N(C)CCCCS(=O)(=O)O. The minimum atomic E-state index is -3.87. The molecule has 1 amide bonds. The van der Waals surface area contributed by atoms with Gasteiger partial charge in [0.15, 0.2) is 0 Å². The van der Waals surface area contributed by atoms with Crippen LogP contribution < -0.4 is 0 Å². The number of unbranched alkanes of at least 4 members (excludes halogenated alkanes) is 8. The van der Waals surface area contributed by atoms with Crippen LogP contribution >= 0.6 is 0 Å². The molecule has 0 aliphatic rings. The van der Waals surface area contributed by atoms with Gasteiger partial charge in [0.2, 0.25) is 5.91 Å². The van der Waals surface area contributed by atoms with Gasteiger partial charge in [-0.3, -0.25) is 9.35 Å². The molecular weight excluding hydrogens is 302 g/mol. The lowest BCUT2D eigenvalue weighted by atomic mass is 10.1. The first-order valence-corrected chi connectivity index (χ1v) is 10.2. The molecule has 0 aromatic heterocycles. The first-order chi connectivity index (χ1) is 10.4. The summed E-state index contributed by atoms with van der Waals surface area (Å²) < 4.78 is 29.8. The standard InChI is InChI=1S/C16H33NO4S/c1-3-4-5-6-7-8-9-10-13-16(18)17(2)14-11-12-15-22(19,20)21/h3-15H2,1-2H3,(H,19,20,21). The molecule has 0 aliphatic heterocycles. The number of hydrogen-bond acceptors (Lipinski definition) is 3. The molecule has 0 bridgehead atoms. The zero-order chi connectivity index (χ0) is 16.8. The Balaban J connectivity index is 3.50. The predicted octanol–water partition coefficient (Wildman–Crippen LogP) is 3.64. The maximum atomic E-state index is 11.9. The summed E-state index contributed by atoms with van der Waals surface area (Å²) in [7, 11) is -2.12. The molecule has 0 rings (SSSR count). The molecular formula is C16H33NO4S. The van der Waals surface area contributed by atoms with Gasteiger partial charge in [0.25, 0.3) is 10.1 Å². The summed E-state index contributed by atoms with van der Waals surface area (Å²) in [5, 5.41) is 0. The Morgan fingerprint density at radius 2 is 1.45 bits per heavy atom. The van der Waals surface area contributed by atoms with Crippen LogP contribution in [0.25, 0.3) is 0 Å². The van der Waals surface area contributed by atoms with Crippen molar-refractivity contribution >= 4 is 16.0 Å². The highest BCUT2D eigenvalue weighted by Gasteiger charge is 2.09. The second-order valence-electron chi connectivity index (χ2n) is 6.03. The van der Waals surface area contributed by atoms with Crippen LogP contribution in [-0.2, 0) is 14.9 Å². The van der Waals surface area contributed by atoms with Gasteiger partial charge in [-0.15, -0.1) is 0 Å². The van der Waals surface area contributed by atoms with Gasteiger partial charge < -0.3 is 4.90 Å². The predicted molar refractivity (Wildman–Crippen MR) is 90.5 cm³/mol. The average molecular weight is 336 g/mol. The van der Waals surface area contributed by atoms with Crippen molar-refractivity contribution in [3.63, 3.8) is 0 Å². The molecule has 6 heteroatoms. The van der Waals surface area contributed by atoms with Crippen molar-refractivity contribution in [2.45, 2.75) is 77.6 Å². The van der Waals surface area contributed by atoms with Gasteiger partial charge in [-0.1, -0.05) is 51.9 Å². The molecule has 0 spiro atoms. The lowest BCUT2D eigenvalue weighted by Crippen LogP contribution is -2.27. The van der Waals surface area contributed by atoms with Crippen molar-refractivity contribution < 1.29 is 17.8 Å². The van der Waals surface area contributed by atoms with Crippen molar-refractivity contribution in [1.29, 1.82) is 0 Å². The average Bonchev–Trinajstić information content (AvgIpc) is 2.45. The molecule has 0 aliphatic carbocycles. The highest BCUT2D eigenvalue weighted by Crippen LogP contribution is 2.10. The second-order valence-corrected chi connectivity index (χ2v) is 7.61. The number of carbonyl (C=O) groups is 1. The van der Waals surface area contributed by atoms with E-state index in [2.05, 4.69) is 6.92 Å². The normalized spacial score (nSPS) is 11.6. The first-order valence-electron chi connectivity index (χ1n) is 8.56. The molecule has 132 valence electrons. The van der Waals surface area contributed by atoms with Crippen LogP contribution in [0.4, 0.5) is 0 Å². The molecule has 0 unspecified atom stereocenters. The number of hydrogen-bond donors (Lipinski definition) is 1. The van der Waals surface area contributed by atoms with E-state index in [1.54, 1.807) is 11.9 Å². The minimum Gasteiger partial charge on any atom is -0.346 e. The van der Waals surface area contributed by atoms with Crippen LogP contribution in [0.2, 0.25) is 0 Å². The quantitative estimate of drug-likeness (QED) is 0.388. The van der Waals surface area contributed by atoms with Gasteiger partial charge in [-0.05, 0) is 19.3 Å². The second kappa shape index (κ2) is 12.9. The number of amides is 1. The molecule has 22 heavy (non-hydrogen) atoms. The summed E-state index contributed by atoms with van der Waals surface area (Å²) in [6, 6.07) is 0. The summed E-state index contributed by atoms with van der Waals surface area (Å²) in [5.41, 5.74) is 0. The molecule has 0 radical (unpaired) electrons. The molecule has 0 aromatic carbocycles. The van der Waals surface area contributed by atoms with Crippen LogP contribution in [0.3, 0.4) is 0 Å². The summed E-state index contributed by atoms with van der Waals surface area (Å²) in [6.07, 6.45) is 11.3. The van der Waals surface area contributed by atoms with Gasteiger partial charge in [0.1, 0.15) is 0 Å². The van der Waals surface area contributed by atoms with Gasteiger partial charge in [-0.2, -0.15) is 8.42 Å². The van der Waals surface area contributed by atoms with E-state index in [0.717, 1.165) is 12.8 Å². The van der Waals surface area contributed by atoms with Crippen molar-refractivity contribution in [2.24, 2.45) is 0 Å². The van der Waals surface area contributed by atoms with Crippen LogP contribution in [0.1, 0.15) is 77.6 Å². The van der Waals surface area contributed by atoms with E-state index in [0.29, 0.717) is 25.8 Å². The third-order valence-electron chi connectivity index (χ3n) is 3.82. The highest BCUT2D eigenvalue weighted by atomic mass is 32.2. The van der Waals surface area contributed by atoms with Crippen LogP contribution in [0.15, 0.2) is 0 Å². The van der Waals surface area contributed by atoms with Gasteiger partial charge in [0, 0.05) is 20.0 Å². The van der Waals surface area contributed by atoms with Crippen LogP contribution in [-0.4, -0.2) is 43.1 Å². The summed E-state index contributed by atoms with van der Waals surface area (Å²) in [6.45, 7) is 2.76. The van der Waals surface area contributed by atoms with Gasteiger partial charge >= 0.3 is 0 Å². The van der Waals surface area contributed by atoms with E-state index in [9.17, 15) is 13.2 Å². The fraction of sp³-hybridized carbons (Fsp3) is 0.938.